The number of nitrogens with two attached hydrogens (primary N) is 1. The average Bonchev–Trinajstić information content (AvgIpc) is 2.06. The molecular weight excluding hydrogens is 171 g/mol. The van der Waals surface area contributed by atoms with E-state index in [9.17, 15) is 13.2 Å². The molecule has 0 saturated heterocycles. The van der Waals surface area contributed by atoms with E-state index in [1.54, 1.807) is 6.92 Å². The van der Waals surface area contributed by atoms with Gasteiger partial charge in [-0.1, -0.05) is 0 Å². The molecule has 0 aliphatic rings. The minimum absolute atomic E-state index is 0.0322. The number of rotatable bonds is 1. The highest BCUT2D eigenvalue weighted by atomic mass is 19.4. The predicted molar refractivity (Wildman–Crippen MR) is 37.4 cm³/mol. The van der Waals surface area contributed by atoms with Gasteiger partial charge in [0.1, 0.15) is 12.4 Å². The summed E-state index contributed by atoms with van der Waals surface area (Å²) in [4.78, 5) is 0. The SMILES string of the molecule is Cc1cc(N)n(CC(F)(F)F)n1. The summed E-state index contributed by atoms with van der Waals surface area (Å²) in [6.45, 7) is 0.454. The first-order valence-electron chi connectivity index (χ1n) is 3.25. The number of nitrogens with zero attached hydrogens (tertiary/aromatic N) is 2. The zero-order valence-corrected chi connectivity index (χ0v) is 6.39. The van der Waals surface area contributed by atoms with Gasteiger partial charge in [-0.05, 0) is 6.92 Å². The quantitative estimate of drug-likeness (QED) is 0.706. The first-order chi connectivity index (χ1) is 5.38. The van der Waals surface area contributed by atoms with Gasteiger partial charge in [-0.2, -0.15) is 18.3 Å². The lowest BCUT2D eigenvalue weighted by atomic mass is 10.5. The Kier molecular flexibility index (Phi) is 1.99. The molecule has 0 unspecified atom stereocenters. The number of hydrogen-bond donors (Lipinski definition) is 1. The predicted octanol–water partition coefficient (Wildman–Crippen LogP) is 1.34. The molecule has 0 fully saturated rings. The fourth-order valence-corrected chi connectivity index (χ4v) is 0.862. The molecule has 0 aromatic carbocycles. The van der Waals surface area contributed by atoms with Crippen molar-refractivity contribution in [3.05, 3.63) is 11.8 Å². The molecule has 1 rings (SSSR count). The first kappa shape index (κ1) is 8.89. The van der Waals surface area contributed by atoms with E-state index in [4.69, 9.17) is 5.73 Å². The van der Waals surface area contributed by atoms with Crippen LogP contribution in [0.4, 0.5) is 19.0 Å². The number of anilines is 1. The maximum absolute atomic E-state index is 11.8. The molecule has 0 aliphatic carbocycles. The maximum Gasteiger partial charge on any atom is 0.408 e. The summed E-state index contributed by atoms with van der Waals surface area (Å²) in [5, 5.41) is 3.57. The largest absolute Gasteiger partial charge is 0.408 e. The second-order valence-electron chi connectivity index (χ2n) is 2.48. The number of aromatic nitrogens is 2. The fourth-order valence-electron chi connectivity index (χ4n) is 0.862. The number of aryl methyl sites for hydroxylation is 1. The highest BCUT2D eigenvalue weighted by Crippen LogP contribution is 2.19. The van der Waals surface area contributed by atoms with Crippen LogP contribution in [0.3, 0.4) is 0 Å². The fraction of sp³-hybridized carbons (Fsp3) is 0.500. The van der Waals surface area contributed by atoms with Gasteiger partial charge in [0, 0.05) is 6.07 Å². The summed E-state index contributed by atoms with van der Waals surface area (Å²) < 4.78 is 36.2. The molecule has 68 valence electrons. The van der Waals surface area contributed by atoms with Gasteiger partial charge in [-0.3, -0.25) is 0 Å². The maximum atomic E-state index is 11.8. The molecule has 0 amide bonds. The van der Waals surface area contributed by atoms with Gasteiger partial charge >= 0.3 is 6.18 Å². The van der Waals surface area contributed by atoms with Crippen LogP contribution >= 0.6 is 0 Å². The van der Waals surface area contributed by atoms with Gasteiger partial charge in [-0.25, -0.2) is 4.68 Å². The van der Waals surface area contributed by atoms with Crippen molar-refractivity contribution in [1.29, 1.82) is 0 Å². The minimum atomic E-state index is -4.27. The molecule has 1 aromatic heterocycles. The Hall–Kier alpha value is -1.20. The lowest BCUT2D eigenvalue weighted by molar-refractivity contribution is -0.142. The van der Waals surface area contributed by atoms with Crippen molar-refractivity contribution >= 4 is 5.82 Å². The van der Waals surface area contributed by atoms with Crippen molar-refractivity contribution in [1.82, 2.24) is 9.78 Å². The van der Waals surface area contributed by atoms with E-state index in [1.165, 1.54) is 6.07 Å². The summed E-state index contributed by atoms with van der Waals surface area (Å²) >= 11 is 0. The number of hydrogen-bond acceptors (Lipinski definition) is 2. The Morgan fingerprint density at radius 3 is 2.50 bits per heavy atom. The second kappa shape index (κ2) is 2.69. The lowest BCUT2D eigenvalue weighted by Gasteiger charge is -2.06. The van der Waals surface area contributed by atoms with E-state index in [1.807, 2.05) is 0 Å². The van der Waals surface area contributed by atoms with Crippen molar-refractivity contribution in [3.8, 4) is 0 Å². The van der Waals surface area contributed by atoms with Gasteiger partial charge < -0.3 is 5.73 Å². The molecule has 0 atom stereocenters. The Morgan fingerprint density at radius 2 is 2.17 bits per heavy atom. The molecule has 2 N–H and O–H groups in total. The van der Waals surface area contributed by atoms with Crippen molar-refractivity contribution in [2.75, 3.05) is 5.73 Å². The Balaban J connectivity index is 2.82. The third-order valence-corrected chi connectivity index (χ3v) is 1.26. The summed E-state index contributed by atoms with van der Waals surface area (Å²) in [6.07, 6.45) is -4.27. The van der Waals surface area contributed by atoms with Crippen LogP contribution in [0.15, 0.2) is 6.07 Å². The summed E-state index contributed by atoms with van der Waals surface area (Å²) in [7, 11) is 0. The van der Waals surface area contributed by atoms with Crippen LogP contribution in [-0.4, -0.2) is 16.0 Å². The molecular formula is C6H8F3N3. The highest BCUT2D eigenvalue weighted by molar-refractivity contribution is 5.30. The topological polar surface area (TPSA) is 43.8 Å². The van der Waals surface area contributed by atoms with Crippen molar-refractivity contribution in [2.24, 2.45) is 0 Å². The van der Waals surface area contributed by atoms with Crippen LogP contribution in [0.25, 0.3) is 0 Å². The van der Waals surface area contributed by atoms with Crippen LogP contribution in [-0.2, 0) is 6.54 Å². The summed E-state index contributed by atoms with van der Waals surface area (Å²) in [5.74, 6) is 0.0322. The van der Waals surface area contributed by atoms with Gasteiger partial charge in [0.25, 0.3) is 0 Å². The van der Waals surface area contributed by atoms with E-state index in [-0.39, 0.29) is 5.82 Å². The number of alkyl halides is 3. The first-order valence-corrected chi connectivity index (χ1v) is 3.25. The van der Waals surface area contributed by atoms with Crippen LogP contribution in [0, 0.1) is 6.92 Å². The van der Waals surface area contributed by atoms with Crippen LogP contribution < -0.4 is 5.73 Å². The van der Waals surface area contributed by atoms with E-state index >= 15 is 0 Å². The number of nitrogen functional groups attached to an aromatic ring is 1. The highest BCUT2D eigenvalue weighted by Gasteiger charge is 2.29. The minimum Gasteiger partial charge on any atom is -0.384 e. The molecule has 12 heavy (non-hydrogen) atoms. The van der Waals surface area contributed by atoms with Gasteiger partial charge in [0.05, 0.1) is 5.69 Å². The Labute approximate surface area is 67.0 Å². The van der Waals surface area contributed by atoms with E-state index in [0.29, 0.717) is 5.69 Å². The second-order valence-corrected chi connectivity index (χ2v) is 2.48. The van der Waals surface area contributed by atoms with Crippen LogP contribution in [0.5, 0.6) is 0 Å². The molecule has 1 aromatic rings. The molecule has 3 nitrogen and oxygen atoms in total. The smallest absolute Gasteiger partial charge is 0.384 e. The van der Waals surface area contributed by atoms with E-state index < -0.39 is 12.7 Å². The molecule has 0 saturated carbocycles. The monoisotopic (exact) mass is 179 g/mol. The Morgan fingerprint density at radius 1 is 1.58 bits per heavy atom. The number of halogens is 3. The molecule has 0 radical (unpaired) electrons. The van der Waals surface area contributed by atoms with Crippen molar-refractivity contribution in [3.63, 3.8) is 0 Å². The van der Waals surface area contributed by atoms with Gasteiger partial charge in [-0.15, -0.1) is 0 Å². The molecule has 0 aliphatic heterocycles. The van der Waals surface area contributed by atoms with Crippen LogP contribution in [0.2, 0.25) is 0 Å². The molecule has 0 spiro atoms. The van der Waals surface area contributed by atoms with Crippen molar-refractivity contribution < 1.29 is 13.2 Å². The zero-order chi connectivity index (χ0) is 9.35. The molecule has 1 heterocycles. The third kappa shape index (κ3) is 2.14. The normalized spacial score (nSPS) is 12.0. The van der Waals surface area contributed by atoms with E-state index in [0.717, 1.165) is 4.68 Å². The van der Waals surface area contributed by atoms with Gasteiger partial charge in [0.15, 0.2) is 0 Å². The standard InChI is InChI=1S/C6H8F3N3/c1-4-2-5(10)12(11-4)3-6(7,8)9/h2H,3,10H2,1H3. The zero-order valence-electron chi connectivity index (χ0n) is 6.39. The molecule has 6 heteroatoms. The van der Waals surface area contributed by atoms with Crippen LogP contribution in [0.1, 0.15) is 5.69 Å². The Bertz CT molecular complexity index is 276. The summed E-state index contributed by atoms with van der Waals surface area (Å²) in [6, 6.07) is 1.39. The van der Waals surface area contributed by atoms with Crippen molar-refractivity contribution in [2.45, 2.75) is 19.6 Å². The van der Waals surface area contributed by atoms with Gasteiger partial charge in [0.2, 0.25) is 0 Å². The molecule has 0 bridgehead atoms. The van der Waals surface area contributed by atoms with E-state index in [2.05, 4.69) is 5.10 Å². The summed E-state index contributed by atoms with van der Waals surface area (Å²) in [5.41, 5.74) is 5.73. The average molecular weight is 179 g/mol. The third-order valence-electron chi connectivity index (χ3n) is 1.26. The lowest BCUT2D eigenvalue weighted by Crippen LogP contribution is -2.19.